The Morgan fingerprint density at radius 1 is 1.20 bits per heavy atom. The van der Waals surface area contributed by atoms with Crippen LogP contribution in [0.1, 0.15) is 4.88 Å². The standard InChI is InChI=1S/C15H15BrN4O3S2/c1-9-12(8-13(16)24-9)25(21,22)19-11-6-4-10(5-7-11)14-17-18-15(23-14)20(2)3/h4-8,19H,1-3H3. The van der Waals surface area contributed by atoms with Gasteiger partial charge in [-0.1, -0.05) is 5.10 Å². The molecule has 0 saturated carbocycles. The molecule has 0 saturated heterocycles. The Labute approximate surface area is 157 Å². The van der Waals surface area contributed by atoms with Crippen molar-refractivity contribution in [1.82, 2.24) is 10.2 Å². The summed E-state index contributed by atoms with van der Waals surface area (Å²) in [7, 11) is -0.0244. The first-order valence-electron chi connectivity index (χ1n) is 7.16. The number of rotatable bonds is 5. The lowest BCUT2D eigenvalue weighted by Crippen LogP contribution is -2.12. The minimum Gasteiger partial charge on any atom is -0.403 e. The minimum absolute atomic E-state index is 0.265. The van der Waals surface area contributed by atoms with Crippen LogP contribution in [0.15, 0.2) is 43.4 Å². The number of thiophene rings is 1. The van der Waals surface area contributed by atoms with Crippen LogP contribution in [0, 0.1) is 6.92 Å². The second-order valence-corrected chi connectivity index (χ2v) is 9.72. The van der Waals surface area contributed by atoms with Crippen LogP contribution in [0.2, 0.25) is 0 Å². The Hall–Kier alpha value is -1.91. The molecule has 0 atom stereocenters. The van der Waals surface area contributed by atoms with Crippen molar-refractivity contribution in [2.75, 3.05) is 23.7 Å². The first-order chi connectivity index (χ1) is 11.8. The van der Waals surface area contributed by atoms with Gasteiger partial charge in [0.2, 0.25) is 5.89 Å². The number of aromatic nitrogens is 2. The van der Waals surface area contributed by atoms with E-state index in [9.17, 15) is 8.42 Å². The van der Waals surface area contributed by atoms with E-state index < -0.39 is 10.0 Å². The van der Waals surface area contributed by atoms with Gasteiger partial charge in [-0.2, -0.15) is 0 Å². The summed E-state index contributed by atoms with van der Waals surface area (Å²) >= 11 is 4.68. The van der Waals surface area contributed by atoms with Crippen LogP contribution < -0.4 is 9.62 Å². The van der Waals surface area contributed by atoms with Crippen LogP contribution in [0.3, 0.4) is 0 Å². The van der Waals surface area contributed by atoms with E-state index in [4.69, 9.17) is 4.42 Å². The molecule has 0 aliphatic heterocycles. The molecule has 25 heavy (non-hydrogen) atoms. The summed E-state index contributed by atoms with van der Waals surface area (Å²) in [5, 5.41) is 7.89. The topological polar surface area (TPSA) is 88.3 Å². The Bertz CT molecular complexity index is 994. The average Bonchev–Trinajstić information content (AvgIpc) is 3.15. The number of benzene rings is 1. The Morgan fingerprint density at radius 3 is 2.40 bits per heavy atom. The maximum atomic E-state index is 12.5. The van der Waals surface area contributed by atoms with E-state index >= 15 is 0 Å². The number of halogens is 1. The number of nitrogens with zero attached hydrogens (tertiary/aromatic N) is 3. The van der Waals surface area contributed by atoms with E-state index in [1.807, 2.05) is 0 Å². The molecule has 10 heteroatoms. The van der Waals surface area contributed by atoms with Crippen LogP contribution in [-0.2, 0) is 10.0 Å². The second kappa shape index (κ2) is 6.77. The molecule has 0 radical (unpaired) electrons. The molecule has 2 aromatic heterocycles. The first kappa shape index (κ1) is 17.9. The maximum Gasteiger partial charge on any atom is 0.317 e. The van der Waals surface area contributed by atoms with Crippen molar-refractivity contribution in [3.63, 3.8) is 0 Å². The van der Waals surface area contributed by atoms with Gasteiger partial charge in [-0.3, -0.25) is 4.72 Å². The third-order valence-electron chi connectivity index (χ3n) is 3.31. The third-order valence-corrected chi connectivity index (χ3v) is 6.50. The lowest BCUT2D eigenvalue weighted by molar-refractivity contribution is 0.566. The summed E-state index contributed by atoms with van der Waals surface area (Å²) in [5.41, 5.74) is 1.16. The van der Waals surface area contributed by atoms with Crippen molar-refractivity contribution in [3.8, 4) is 11.5 Å². The number of nitrogens with one attached hydrogen (secondary N) is 1. The molecule has 2 heterocycles. The molecule has 0 aliphatic rings. The molecule has 3 rings (SSSR count). The highest BCUT2D eigenvalue weighted by molar-refractivity contribution is 9.11. The Balaban J connectivity index is 1.81. The lowest BCUT2D eigenvalue weighted by atomic mass is 10.2. The molecule has 0 amide bonds. The summed E-state index contributed by atoms with van der Waals surface area (Å²) < 4.78 is 33.9. The van der Waals surface area contributed by atoms with Gasteiger partial charge in [0.25, 0.3) is 10.0 Å². The highest BCUT2D eigenvalue weighted by atomic mass is 79.9. The van der Waals surface area contributed by atoms with E-state index in [2.05, 4.69) is 30.8 Å². The number of aryl methyl sites for hydroxylation is 1. The van der Waals surface area contributed by atoms with Crippen LogP contribution in [-0.4, -0.2) is 32.7 Å². The van der Waals surface area contributed by atoms with Crippen LogP contribution >= 0.6 is 27.3 Å². The van der Waals surface area contributed by atoms with Gasteiger partial charge in [0.05, 0.1) is 3.79 Å². The van der Waals surface area contributed by atoms with E-state index in [0.29, 0.717) is 23.2 Å². The van der Waals surface area contributed by atoms with Crippen LogP contribution in [0.4, 0.5) is 11.7 Å². The van der Waals surface area contributed by atoms with Crippen molar-refractivity contribution >= 4 is 49.0 Å². The van der Waals surface area contributed by atoms with E-state index in [1.54, 1.807) is 56.3 Å². The molecule has 0 unspecified atom stereocenters. The predicted octanol–water partition coefficient (Wildman–Crippen LogP) is 3.74. The minimum atomic E-state index is -3.64. The van der Waals surface area contributed by atoms with E-state index in [1.165, 1.54) is 11.3 Å². The number of anilines is 2. The zero-order valence-electron chi connectivity index (χ0n) is 13.6. The summed E-state index contributed by atoms with van der Waals surface area (Å²) in [6, 6.07) is 8.76. The quantitative estimate of drug-likeness (QED) is 0.647. The zero-order valence-corrected chi connectivity index (χ0v) is 16.9. The van der Waals surface area contributed by atoms with Crippen LogP contribution in [0.5, 0.6) is 0 Å². The fraction of sp³-hybridized carbons (Fsp3) is 0.200. The van der Waals surface area contributed by atoms with Gasteiger partial charge in [0.15, 0.2) is 0 Å². The summed E-state index contributed by atoms with van der Waals surface area (Å²) in [6.07, 6.45) is 0. The van der Waals surface area contributed by atoms with Gasteiger partial charge in [-0.05, 0) is 53.2 Å². The molecule has 0 bridgehead atoms. The first-order valence-corrected chi connectivity index (χ1v) is 10.3. The van der Waals surface area contributed by atoms with E-state index in [-0.39, 0.29) is 4.90 Å². The summed E-state index contributed by atoms with van der Waals surface area (Å²) in [4.78, 5) is 2.69. The largest absolute Gasteiger partial charge is 0.403 e. The second-order valence-electron chi connectivity index (χ2n) is 5.44. The van der Waals surface area contributed by atoms with Crippen molar-refractivity contribution in [2.45, 2.75) is 11.8 Å². The molecule has 0 spiro atoms. The van der Waals surface area contributed by atoms with Crippen LogP contribution in [0.25, 0.3) is 11.5 Å². The third kappa shape index (κ3) is 3.86. The van der Waals surface area contributed by atoms with Gasteiger partial charge in [-0.15, -0.1) is 16.4 Å². The SMILES string of the molecule is Cc1sc(Br)cc1S(=O)(=O)Nc1ccc(-c2nnc(N(C)C)o2)cc1. The van der Waals surface area contributed by atoms with Crippen molar-refractivity contribution in [1.29, 1.82) is 0 Å². The predicted molar refractivity (Wildman–Crippen MR) is 102 cm³/mol. The smallest absolute Gasteiger partial charge is 0.317 e. The van der Waals surface area contributed by atoms with Gasteiger partial charge in [0.1, 0.15) is 4.90 Å². The molecule has 0 fully saturated rings. The summed E-state index contributed by atoms with van der Waals surface area (Å²) in [6.45, 7) is 1.77. The zero-order chi connectivity index (χ0) is 18.2. The number of hydrogen-bond acceptors (Lipinski definition) is 7. The van der Waals surface area contributed by atoms with Crippen molar-refractivity contribution in [3.05, 3.63) is 39.0 Å². The maximum absolute atomic E-state index is 12.5. The molecule has 7 nitrogen and oxygen atoms in total. The highest BCUT2D eigenvalue weighted by Crippen LogP contribution is 2.31. The normalized spacial score (nSPS) is 11.5. The number of hydrogen-bond donors (Lipinski definition) is 1. The number of sulfonamides is 1. The van der Waals surface area contributed by atoms with Gasteiger partial charge in [0, 0.05) is 30.2 Å². The fourth-order valence-corrected chi connectivity index (χ4v) is 5.58. The van der Waals surface area contributed by atoms with Crippen molar-refractivity contribution in [2.24, 2.45) is 0 Å². The molecule has 1 N–H and O–H groups in total. The molecular formula is C15H15BrN4O3S2. The van der Waals surface area contributed by atoms with Gasteiger partial charge in [-0.25, -0.2) is 8.42 Å². The van der Waals surface area contributed by atoms with Gasteiger partial charge < -0.3 is 9.32 Å². The monoisotopic (exact) mass is 442 g/mol. The Morgan fingerprint density at radius 2 is 1.88 bits per heavy atom. The Kier molecular flexibility index (Phi) is 4.85. The molecular weight excluding hydrogens is 428 g/mol. The molecule has 1 aromatic carbocycles. The summed E-state index contributed by atoms with van der Waals surface area (Å²) in [5.74, 6) is 0.371. The average molecular weight is 443 g/mol. The molecule has 0 aliphatic carbocycles. The van der Waals surface area contributed by atoms with Crippen molar-refractivity contribution < 1.29 is 12.8 Å². The lowest BCUT2D eigenvalue weighted by Gasteiger charge is -2.08. The molecule has 132 valence electrons. The van der Waals surface area contributed by atoms with E-state index in [0.717, 1.165) is 8.66 Å². The highest BCUT2D eigenvalue weighted by Gasteiger charge is 2.20. The fourth-order valence-electron chi connectivity index (χ4n) is 2.10. The van der Waals surface area contributed by atoms with Gasteiger partial charge >= 0.3 is 6.01 Å². The molecule has 3 aromatic rings.